The zero-order valence-corrected chi connectivity index (χ0v) is 29.3. The number of aryl methyl sites for hydroxylation is 1. The van der Waals surface area contributed by atoms with Crippen molar-refractivity contribution in [1.29, 1.82) is 0 Å². The number of hydrogen-bond acceptors (Lipinski definition) is 9. The second-order valence-electron chi connectivity index (χ2n) is 14.9. The molecule has 0 unspecified atom stereocenters. The number of pyridine rings is 1. The zero-order valence-electron chi connectivity index (χ0n) is 29.3. The van der Waals surface area contributed by atoms with E-state index in [1.165, 1.54) is 16.8 Å². The van der Waals surface area contributed by atoms with Gasteiger partial charge >= 0.3 is 0 Å². The molecule has 11 nitrogen and oxygen atoms in total. The van der Waals surface area contributed by atoms with E-state index in [-0.39, 0.29) is 41.5 Å². The molecule has 11 heteroatoms. The lowest BCUT2D eigenvalue weighted by Gasteiger charge is -2.38. The van der Waals surface area contributed by atoms with Crippen LogP contribution in [0.4, 0.5) is 11.5 Å². The van der Waals surface area contributed by atoms with E-state index in [9.17, 15) is 15.0 Å². The highest BCUT2D eigenvalue weighted by atomic mass is 16.5. The third-order valence-corrected chi connectivity index (χ3v) is 10.8. The fraction of sp³-hybridized carbons (Fsp3) is 0.462. The van der Waals surface area contributed by atoms with Crippen molar-refractivity contribution in [2.75, 3.05) is 43.4 Å². The van der Waals surface area contributed by atoms with Crippen molar-refractivity contribution >= 4 is 17.4 Å². The predicted octanol–water partition coefficient (Wildman–Crippen LogP) is 4.12. The topological polar surface area (TPSA) is 142 Å². The Balaban J connectivity index is 0.982. The molecule has 2 aliphatic heterocycles. The number of amides is 1. The summed E-state index contributed by atoms with van der Waals surface area (Å²) in [6.45, 7) is 9.15. The second kappa shape index (κ2) is 14.1. The highest BCUT2D eigenvalue weighted by Crippen LogP contribution is 2.44. The van der Waals surface area contributed by atoms with Crippen molar-refractivity contribution in [3.63, 3.8) is 0 Å². The van der Waals surface area contributed by atoms with Gasteiger partial charge in [-0.1, -0.05) is 44.2 Å². The Morgan fingerprint density at radius 3 is 2.50 bits per heavy atom. The van der Waals surface area contributed by atoms with Crippen LogP contribution in [0, 0.1) is 0 Å². The lowest BCUT2D eigenvalue weighted by atomic mass is 9.85. The SMILES string of the molecule is Cn1cc(-c2cnc(N)c(C(=O)N[C@H]3C[C@H](O)C[C@@H]3OCc3ccc(-c4ccc5c(c4)C(C)(C)CN5C4CCN(CCO)CC4)cc3)c2)cn1. The third-order valence-electron chi connectivity index (χ3n) is 10.8. The van der Waals surface area contributed by atoms with Crippen LogP contribution in [0.2, 0.25) is 0 Å². The Kier molecular flexibility index (Phi) is 9.67. The molecule has 2 aromatic heterocycles. The number of rotatable bonds is 10. The Morgan fingerprint density at radius 2 is 1.78 bits per heavy atom. The fourth-order valence-electron chi connectivity index (χ4n) is 7.96. The number of nitrogen functional groups attached to an aromatic ring is 1. The number of carbonyl (C=O) groups is 1. The van der Waals surface area contributed by atoms with E-state index in [0.29, 0.717) is 25.5 Å². The summed E-state index contributed by atoms with van der Waals surface area (Å²) >= 11 is 0. The highest BCUT2D eigenvalue weighted by Gasteiger charge is 2.39. The van der Waals surface area contributed by atoms with Crippen LogP contribution < -0.4 is 16.0 Å². The first-order valence-electron chi connectivity index (χ1n) is 17.8. The number of benzene rings is 2. The van der Waals surface area contributed by atoms with Gasteiger partial charge in [0.2, 0.25) is 0 Å². The number of nitrogens with one attached hydrogen (secondary N) is 1. The first-order valence-corrected chi connectivity index (χ1v) is 17.8. The summed E-state index contributed by atoms with van der Waals surface area (Å²) in [6.07, 6.45) is 7.39. The van der Waals surface area contributed by atoms with Gasteiger partial charge in [-0.05, 0) is 59.7 Å². The van der Waals surface area contributed by atoms with Gasteiger partial charge in [-0.15, -0.1) is 0 Å². The molecule has 1 amide bonds. The molecule has 264 valence electrons. The molecule has 0 radical (unpaired) electrons. The molecule has 3 aliphatic rings. The number of anilines is 2. The number of nitrogens with zero attached hydrogens (tertiary/aromatic N) is 5. The first-order chi connectivity index (χ1) is 24.1. The number of aliphatic hydroxyl groups is 2. The molecule has 50 heavy (non-hydrogen) atoms. The van der Waals surface area contributed by atoms with Crippen LogP contribution in [-0.2, 0) is 23.8 Å². The molecule has 7 rings (SSSR count). The number of likely N-dealkylation sites (tertiary alicyclic amines) is 1. The fourth-order valence-corrected chi connectivity index (χ4v) is 7.96. The molecule has 2 aromatic carbocycles. The van der Waals surface area contributed by atoms with E-state index < -0.39 is 6.10 Å². The number of nitrogens with two attached hydrogens (primary N) is 1. The van der Waals surface area contributed by atoms with Crippen molar-refractivity contribution in [3.8, 4) is 22.3 Å². The molecule has 1 saturated carbocycles. The molecular formula is C39H49N7O4. The number of β-amino-alcohol motifs (C(OH)–C–C–N with tert-alkyl or cyclic N) is 1. The number of aliphatic hydroxyl groups excluding tert-OH is 2. The number of hydrogen-bond donors (Lipinski definition) is 4. The van der Waals surface area contributed by atoms with Gasteiger partial charge in [-0.3, -0.25) is 9.48 Å². The third kappa shape index (κ3) is 7.14. The summed E-state index contributed by atoms with van der Waals surface area (Å²) in [6, 6.07) is 17.3. The quantitative estimate of drug-likeness (QED) is 0.195. The van der Waals surface area contributed by atoms with Crippen LogP contribution in [0.25, 0.3) is 22.3 Å². The summed E-state index contributed by atoms with van der Waals surface area (Å²) < 4.78 is 7.99. The molecule has 4 heterocycles. The Hall–Kier alpha value is -4.29. The molecule has 3 atom stereocenters. The average Bonchev–Trinajstić information content (AvgIpc) is 3.78. The molecule has 1 aliphatic carbocycles. The van der Waals surface area contributed by atoms with Crippen molar-refractivity contribution in [2.24, 2.45) is 7.05 Å². The van der Waals surface area contributed by atoms with Crippen LogP contribution in [0.1, 0.15) is 61.0 Å². The summed E-state index contributed by atoms with van der Waals surface area (Å²) in [5, 5.41) is 27.1. The summed E-state index contributed by atoms with van der Waals surface area (Å²) in [4.78, 5) is 22.6. The van der Waals surface area contributed by atoms with Crippen molar-refractivity contribution in [1.82, 2.24) is 25.0 Å². The van der Waals surface area contributed by atoms with Gasteiger partial charge in [-0.25, -0.2) is 4.98 Å². The minimum absolute atomic E-state index is 0.0591. The minimum Gasteiger partial charge on any atom is -0.395 e. The van der Waals surface area contributed by atoms with E-state index in [1.54, 1.807) is 23.1 Å². The number of piperidine rings is 1. The maximum atomic E-state index is 13.4. The maximum Gasteiger partial charge on any atom is 0.255 e. The van der Waals surface area contributed by atoms with Gasteiger partial charge in [0.15, 0.2) is 0 Å². The predicted molar refractivity (Wildman–Crippen MR) is 195 cm³/mol. The first kappa shape index (κ1) is 34.2. The molecular weight excluding hydrogens is 630 g/mol. The van der Waals surface area contributed by atoms with Crippen LogP contribution >= 0.6 is 0 Å². The van der Waals surface area contributed by atoms with E-state index in [0.717, 1.165) is 61.3 Å². The Bertz CT molecular complexity index is 1820. The molecule has 0 bridgehead atoms. The van der Waals surface area contributed by atoms with Crippen molar-refractivity contribution in [2.45, 2.75) is 75.8 Å². The standard InChI is InChI=1S/C39H49N7O4/c1-39(2)24-46(30-10-12-45(13-11-30)14-15-47)35-9-8-27(17-33(35)39)26-6-4-25(5-7-26)23-50-36-19-31(48)18-34(36)43-38(49)32-16-28(20-41-37(32)40)29-21-42-44(3)22-29/h4-9,16-17,20-22,30-31,34,36,47-48H,10-15,18-19,23-24H2,1-3H3,(H2,40,41)(H,43,49)/t31-,34-,36-/m0/s1. The van der Waals surface area contributed by atoms with Crippen LogP contribution in [0.5, 0.6) is 0 Å². The van der Waals surface area contributed by atoms with Gasteiger partial charge in [0.25, 0.3) is 5.91 Å². The smallest absolute Gasteiger partial charge is 0.255 e. The number of fused-ring (bicyclic) bond motifs is 1. The van der Waals surface area contributed by atoms with Gasteiger partial charge < -0.3 is 35.8 Å². The van der Waals surface area contributed by atoms with Gasteiger partial charge in [0, 0.05) is 80.3 Å². The molecule has 0 spiro atoms. The summed E-state index contributed by atoms with van der Waals surface area (Å²) in [5.41, 5.74) is 14.2. The minimum atomic E-state index is -0.566. The van der Waals surface area contributed by atoms with Gasteiger partial charge in [0.1, 0.15) is 5.82 Å². The number of carbonyl (C=O) groups excluding carboxylic acids is 1. The van der Waals surface area contributed by atoms with Crippen LogP contribution in [-0.4, -0.2) is 92.9 Å². The van der Waals surface area contributed by atoms with Crippen molar-refractivity contribution in [3.05, 3.63) is 83.8 Å². The summed E-state index contributed by atoms with van der Waals surface area (Å²) in [5.74, 6) is -0.201. The zero-order chi connectivity index (χ0) is 35.0. The molecule has 2 fully saturated rings. The monoisotopic (exact) mass is 679 g/mol. The highest BCUT2D eigenvalue weighted by molar-refractivity contribution is 5.99. The normalized spacial score (nSPS) is 22.2. The van der Waals surface area contributed by atoms with E-state index in [4.69, 9.17) is 10.5 Å². The molecule has 1 saturated heterocycles. The molecule has 4 aromatic rings. The van der Waals surface area contributed by atoms with Crippen LogP contribution in [0.3, 0.4) is 0 Å². The average molecular weight is 680 g/mol. The number of aromatic nitrogens is 3. The van der Waals surface area contributed by atoms with Crippen molar-refractivity contribution < 1.29 is 19.7 Å². The largest absolute Gasteiger partial charge is 0.395 e. The Morgan fingerprint density at radius 1 is 1.02 bits per heavy atom. The lowest BCUT2D eigenvalue weighted by molar-refractivity contribution is 0.0214. The van der Waals surface area contributed by atoms with E-state index >= 15 is 0 Å². The number of ether oxygens (including phenoxy) is 1. The van der Waals surface area contributed by atoms with Gasteiger partial charge in [-0.2, -0.15) is 5.10 Å². The lowest BCUT2D eigenvalue weighted by Crippen LogP contribution is -2.46. The summed E-state index contributed by atoms with van der Waals surface area (Å²) in [7, 11) is 1.83. The maximum absolute atomic E-state index is 13.4. The van der Waals surface area contributed by atoms with Gasteiger partial charge in [0.05, 0.1) is 43.2 Å². The molecule has 5 N–H and O–H groups in total. The van der Waals surface area contributed by atoms with Crippen LogP contribution in [0.15, 0.2) is 67.1 Å². The second-order valence-corrected chi connectivity index (χ2v) is 14.9. The van der Waals surface area contributed by atoms with E-state index in [1.807, 2.05) is 13.2 Å². The van der Waals surface area contributed by atoms with E-state index in [2.05, 4.69) is 81.5 Å². The Labute approximate surface area is 294 Å².